The summed E-state index contributed by atoms with van der Waals surface area (Å²) in [6, 6.07) is 6.95. The zero-order chi connectivity index (χ0) is 19.8. The van der Waals surface area contributed by atoms with Crippen LogP contribution in [-0.4, -0.2) is 42.3 Å². The highest BCUT2D eigenvalue weighted by Gasteiger charge is 2.28. The molecular weight excluding hydrogens is 342 g/mol. The molecule has 1 aliphatic heterocycles. The highest BCUT2D eigenvalue weighted by Crippen LogP contribution is 2.20. The maximum atomic E-state index is 12.8. The predicted molar refractivity (Wildman–Crippen MR) is 106 cm³/mol. The molecule has 1 saturated heterocycles. The number of likely N-dealkylation sites (tertiary alicyclic amines) is 1. The van der Waals surface area contributed by atoms with Crippen LogP contribution in [-0.2, 0) is 9.59 Å². The van der Waals surface area contributed by atoms with Crippen molar-refractivity contribution in [3.05, 3.63) is 29.8 Å². The van der Waals surface area contributed by atoms with Crippen LogP contribution in [0, 0.1) is 11.8 Å². The molecule has 1 unspecified atom stereocenters. The molecule has 0 bridgehead atoms. The van der Waals surface area contributed by atoms with Crippen molar-refractivity contribution in [2.75, 3.05) is 25.0 Å². The van der Waals surface area contributed by atoms with Crippen molar-refractivity contribution in [1.82, 2.24) is 10.2 Å². The molecular formula is C21H31N3O3. The molecule has 2 N–H and O–H groups in total. The second-order valence-corrected chi connectivity index (χ2v) is 7.60. The maximum Gasteiger partial charge on any atom is 0.253 e. The lowest BCUT2D eigenvalue weighted by Gasteiger charge is -2.32. The van der Waals surface area contributed by atoms with Gasteiger partial charge in [0.1, 0.15) is 0 Å². The molecule has 148 valence electrons. The van der Waals surface area contributed by atoms with Crippen molar-refractivity contribution in [3.8, 4) is 0 Å². The second-order valence-electron chi connectivity index (χ2n) is 7.60. The Morgan fingerprint density at radius 3 is 2.52 bits per heavy atom. The molecule has 0 aliphatic carbocycles. The summed E-state index contributed by atoms with van der Waals surface area (Å²) in [6.45, 7) is 7.86. The average molecular weight is 373 g/mol. The molecule has 1 heterocycles. The Bertz CT molecular complexity index is 655. The Morgan fingerprint density at radius 2 is 1.89 bits per heavy atom. The lowest BCUT2D eigenvalue weighted by molar-refractivity contribution is -0.126. The number of anilines is 1. The molecule has 1 atom stereocenters. The van der Waals surface area contributed by atoms with Gasteiger partial charge >= 0.3 is 0 Å². The van der Waals surface area contributed by atoms with E-state index >= 15 is 0 Å². The molecule has 1 aromatic rings. The first-order chi connectivity index (χ1) is 12.9. The number of carbonyl (C=O) groups excluding carboxylic acids is 3. The van der Waals surface area contributed by atoms with Crippen LogP contribution in [0.1, 0.15) is 56.8 Å². The van der Waals surface area contributed by atoms with Crippen molar-refractivity contribution in [2.24, 2.45) is 11.8 Å². The van der Waals surface area contributed by atoms with Gasteiger partial charge in [0.2, 0.25) is 11.8 Å². The highest BCUT2D eigenvalue weighted by molar-refractivity contribution is 5.96. The Morgan fingerprint density at radius 1 is 1.19 bits per heavy atom. The van der Waals surface area contributed by atoms with Gasteiger partial charge in [0.05, 0.1) is 5.92 Å². The zero-order valence-corrected chi connectivity index (χ0v) is 16.6. The number of amides is 3. The first kappa shape index (κ1) is 20.9. The van der Waals surface area contributed by atoms with Crippen LogP contribution in [0.4, 0.5) is 5.69 Å². The van der Waals surface area contributed by atoms with E-state index in [1.165, 1.54) is 0 Å². The summed E-state index contributed by atoms with van der Waals surface area (Å²) >= 11 is 0. The molecule has 0 radical (unpaired) electrons. The number of hydrogen-bond donors (Lipinski definition) is 2. The van der Waals surface area contributed by atoms with E-state index in [1.54, 1.807) is 29.2 Å². The van der Waals surface area contributed by atoms with Gasteiger partial charge in [-0.15, -0.1) is 0 Å². The number of nitrogens with zero attached hydrogens (tertiary/aromatic N) is 1. The van der Waals surface area contributed by atoms with E-state index in [1.807, 2.05) is 6.92 Å². The standard InChI is InChI=1S/C21H31N3O3/c1-4-6-19(25)23-18-10-8-16(9-11-18)21(27)24-12-5-7-17(14-24)20(26)22-13-15(2)3/h8-11,15,17H,4-7,12-14H2,1-3H3,(H,22,26)(H,23,25). The van der Waals surface area contributed by atoms with Crippen LogP contribution >= 0.6 is 0 Å². The van der Waals surface area contributed by atoms with Crippen molar-refractivity contribution in [2.45, 2.75) is 46.5 Å². The van der Waals surface area contributed by atoms with E-state index in [-0.39, 0.29) is 23.6 Å². The van der Waals surface area contributed by atoms with E-state index in [9.17, 15) is 14.4 Å². The van der Waals surface area contributed by atoms with Crippen LogP contribution < -0.4 is 10.6 Å². The molecule has 0 spiro atoms. The number of nitrogens with one attached hydrogen (secondary N) is 2. The first-order valence-electron chi connectivity index (χ1n) is 9.87. The van der Waals surface area contributed by atoms with Crippen molar-refractivity contribution in [1.29, 1.82) is 0 Å². The molecule has 1 aliphatic rings. The minimum absolute atomic E-state index is 0.0251. The van der Waals surface area contributed by atoms with Crippen LogP contribution in [0.15, 0.2) is 24.3 Å². The second kappa shape index (κ2) is 10.1. The van der Waals surface area contributed by atoms with Gasteiger partial charge in [0.25, 0.3) is 5.91 Å². The van der Waals surface area contributed by atoms with Gasteiger partial charge in [-0.3, -0.25) is 14.4 Å². The zero-order valence-electron chi connectivity index (χ0n) is 16.6. The molecule has 1 fully saturated rings. The molecule has 0 saturated carbocycles. The summed E-state index contributed by atoms with van der Waals surface area (Å²) in [5.74, 6) is 0.210. The summed E-state index contributed by atoms with van der Waals surface area (Å²) in [5, 5.41) is 5.79. The quantitative estimate of drug-likeness (QED) is 0.771. The smallest absolute Gasteiger partial charge is 0.253 e. The summed E-state index contributed by atoms with van der Waals surface area (Å²) in [4.78, 5) is 38.5. The average Bonchev–Trinajstić information content (AvgIpc) is 2.66. The Balaban J connectivity index is 1.94. The van der Waals surface area contributed by atoms with Gasteiger partial charge in [0.15, 0.2) is 0 Å². The normalized spacial score (nSPS) is 16.9. The van der Waals surface area contributed by atoms with Gasteiger partial charge in [0, 0.05) is 37.3 Å². The summed E-state index contributed by atoms with van der Waals surface area (Å²) in [6.07, 6.45) is 2.92. The van der Waals surface area contributed by atoms with E-state index in [0.29, 0.717) is 43.2 Å². The fourth-order valence-corrected chi connectivity index (χ4v) is 3.15. The number of rotatable bonds is 7. The van der Waals surface area contributed by atoms with Gasteiger partial charge in [-0.2, -0.15) is 0 Å². The van der Waals surface area contributed by atoms with Crippen LogP contribution in [0.25, 0.3) is 0 Å². The van der Waals surface area contributed by atoms with Gasteiger partial charge in [-0.05, 0) is 49.4 Å². The van der Waals surface area contributed by atoms with Crippen molar-refractivity contribution in [3.63, 3.8) is 0 Å². The van der Waals surface area contributed by atoms with E-state index in [4.69, 9.17) is 0 Å². The van der Waals surface area contributed by atoms with E-state index in [0.717, 1.165) is 19.3 Å². The topological polar surface area (TPSA) is 78.5 Å². The van der Waals surface area contributed by atoms with Crippen LogP contribution in [0.3, 0.4) is 0 Å². The molecule has 0 aromatic heterocycles. The van der Waals surface area contributed by atoms with Gasteiger partial charge in [-0.25, -0.2) is 0 Å². The molecule has 27 heavy (non-hydrogen) atoms. The molecule has 3 amide bonds. The lowest BCUT2D eigenvalue weighted by atomic mass is 9.96. The monoisotopic (exact) mass is 373 g/mol. The molecule has 6 nitrogen and oxygen atoms in total. The van der Waals surface area contributed by atoms with Gasteiger partial charge in [-0.1, -0.05) is 20.8 Å². The lowest BCUT2D eigenvalue weighted by Crippen LogP contribution is -2.46. The van der Waals surface area contributed by atoms with Crippen LogP contribution in [0.2, 0.25) is 0 Å². The number of hydrogen-bond acceptors (Lipinski definition) is 3. The third kappa shape index (κ3) is 6.38. The van der Waals surface area contributed by atoms with Crippen LogP contribution in [0.5, 0.6) is 0 Å². The number of carbonyl (C=O) groups is 3. The van der Waals surface area contributed by atoms with E-state index in [2.05, 4.69) is 24.5 Å². The SMILES string of the molecule is CCCC(=O)Nc1ccc(C(=O)N2CCCC(C(=O)NCC(C)C)C2)cc1. The minimum atomic E-state index is -0.144. The fourth-order valence-electron chi connectivity index (χ4n) is 3.15. The van der Waals surface area contributed by atoms with Crippen molar-refractivity contribution < 1.29 is 14.4 Å². The van der Waals surface area contributed by atoms with Crippen molar-refractivity contribution >= 4 is 23.4 Å². The maximum absolute atomic E-state index is 12.8. The number of piperidine rings is 1. The third-order valence-corrected chi connectivity index (χ3v) is 4.66. The molecule has 1 aromatic carbocycles. The highest BCUT2D eigenvalue weighted by atomic mass is 16.2. The fraction of sp³-hybridized carbons (Fsp3) is 0.571. The summed E-state index contributed by atoms with van der Waals surface area (Å²) in [5.41, 5.74) is 1.27. The van der Waals surface area contributed by atoms with E-state index < -0.39 is 0 Å². The van der Waals surface area contributed by atoms with Gasteiger partial charge < -0.3 is 15.5 Å². The summed E-state index contributed by atoms with van der Waals surface area (Å²) < 4.78 is 0. The number of benzene rings is 1. The Hall–Kier alpha value is -2.37. The largest absolute Gasteiger partial charge is 0.356 e. The molecule has 2 rings (SSSR count). The first-order valence-corrected chi connectivity index (χ1v) is 9.87. The summed E-state index contributed by atoms with van der Waals surface area (Å²) in [7, 11) is 0. The minimum Gasteiger partial charge on any atom is -0.356 e. The Kier molecular flexibility index (Phi) is 7.82. The molecule has 6 heteroatoms. The third-order valence-electron chi connectivity index (χ3n) is 4.66. The predicted octanol–water partition coefficient (Wildman–Crippen LogP) is 3.05. The Labute approximate surface area is 161 Å².